The third kappa shape index (κ3) is 2.93. The molecule has 1 amide bonds. The standard InChI is InChI=1S/C14H19BrN2O/c1-10-6-7-17(13(8-10)9-16)14(18)11-2-4-12(15)5-3-11/h2-5,10,13H,6-9,16H2,1H3. The monoisotopic (exact) mass is 310 g/mol. The fourth-order valence-corrected chi connectivity index (χ4v) is 2.77. The van der Waals surface area contributed by atoms with Gasteiger partial charge in [0.25, 0.3) is 5.91 Å². The molecule has 18 heavy (non-hydrogen) atoms. The van der Waals surface area contributed by atoms with Gasteiger partial charge in [-0.1, -0.05) is 22.9 Å². The summed E-state index contributed by atoms with van der Waals surface area (Å²) in [6.07, 6.45) is 2.08. The molecular formula is C14H19BrN2O. The highest BCUT2D eigenvalue weighted by atomic mass is 79.9. The van der Waals surface area contributed by atoms with Gasteiger partial charge in [-0.3, -0.25) is 4.79 Å². The minimum absolute atomic E-state index is 0.102. The van der Waals surface area contributed by atoms with Crippen LogP contribution in [0.4, 0.5) is 0 Å². The number of nitrogens with two attached hydrogens (primary N) is 1. The molecule has 2 rings (SSSR count). The van der Waals surface area contributed by atoms with Crippen molar-refractivity contribution in [1.82, 2.24) is 4.90 Å². The zero-order chi connectivity index (χ0) is 13.1. The summed E-state index contributed by atoms with van der Waals surface area (Å²) in [7, 11) is 0. The lowest BCUT2D eigenvalue weighted by molar-refractivity contribution is 0.0573. The number of carbonyl (C=O) groups is 1. The summed E-state index contributed by atoms with van der Waals surface area (Å²) in [5.41, 5.74) is 6.54. The van der Waals surface area contributed by atoms with E-state index in [1.807, 2.05) is 29.2 Å². The van der Waals surface area contributed by atoms with Gasteiger partial charge in [-0.15, -0.1) is 0 Å². The molecule has 2 N–H and O–H groups in total. The van der Waals surface area contributed by atoms with Gasteiger partial charge < -0.3 is 10.6 Å². The van der Waals surface area contributed by atoms with Gasteiger partial charge in [0.15, 0.2) is 0 Å². The molecule has 1 aromatic rings. The Morgan fingerprint density at radius 3 is 2.72 bits per heavy atom. The maximum Gasteiger partial charge on any atom is 0.254 e. The number of carbonyl (C=O) groups excluding carboxylic acids is 1. The molecule has 1 aliphatic rings. The minimum atomic E-state index is 0.102. The Labute approximate surface area is 116 Å². The van der Waals surface area contributed by atoms with E-state index >= 15 is 0 Å². The number of hydrogen-bond acceptors (Lipinski definition) is 2. The molecule has 4 heteroatoms. The van der Waals surface area contributed by atoms with E-state index in [-0.39, 0.29) is 11.9 Å². The van der Waals surface area contributed by atoms with Gasteiger partial charge in [-0.25, -0.2) is 0 Å². The highest BCUT2D eigenvalue weighted by Crippen LogP contribution is 2.24. The lowest BCUT2D eigenvalue weighted by atomic mass is 9.92. The highest BCUT2D eigenvalue weighted by molar-refractivity contribution is 9.10. The maximum atomic E-state index is 12.4. The van der Waals surface area contributed by atoms with Crippen LogP contribution in [-0.4, -0.2) is 29.9 Å². The first kappa shape index (κ1) is 13.6. The van der Waals surface area contributed by atoms with E-state index in [1.165, 1.54) is 0 Å². The van der Waals surface area contributed by atoms with Gasteiger partial charge in [0, 0.05) is 29.2 Å². The van der Waals surface area contributed by atoms with Crippen LogP contribution in [-0.2, 0) is 0 Å². The molecular weight excluding hydrogens is 292 g/mol. The average Bonchev–Trinajstić information content (AvgIpc) is 2.38. The quantitative estimate of drug-likeness (QED) is 0.913. The number of nitrogens with zero attached hydrogens (tertiary/aromatic N) is 1. The van der Waals surface area contributed by atoms with E-state index in [9.17, 15) is 4.79 Å². The Bertz CT molecular complexity index is 418. The fraction of sp³-hybridized carbons (Fsp3) is 0.500. The smallest absolute Gasteiger partial charge is 0.254 e. The molecule has 0 saturated carbocycles. The third-order valence-electron chi connectivity index (χ3n) is 3.60. The first-order chi connectivity index (χ1) is 8.61. The van der Waals surface area contributed by atoms with Crippen molar-refractivity contribution < 1.29 is 4.79 Å². The first-order valence-corrected chi connectivity index (χ1v) is 7.17. The summed E-state index contributed by atoms with van der Waals surface area (Å²) in [5, 5.41) is 0. The molecule has 1 aliphatic heterocycles. The lowest BCUT2D eigenvalue weighted by Crippen LogP contribution is -2.49. The first-order valence-electron chi connectivity index (χ1n) is 6.38. The summed E-state index contributed by atoms with van der Waals surface area (Å²) in [5.74, 6) is 0.761. The van der Waals surface area contributed by atoms with E-state index in [0.717, 1.165) is 29.4 Å². The Hall–Kier alpha value is -0.870. The second-order valence-electron chi connectivity index (χ2n) is 5.02. The number of likely N-dealkylation sites (tertiary alicyclic amines) is 1. The van der Waals surface area contributed by atoms with Crippen LogP contribution < -0.4 is 5.73 Å². The molecule has 2 atom stereocenters. The Morgan fingerprint density at radius 2 is 2.11 bits per heavy atom. The zero-order valence-electron chi connectivity index (χ0n) is 10.6. The van der Waals surface area contributed by atoms with Gasteiger partial charge in [-0.05, 0) is 43.0 Å². The number of halogens is 1. The van der Waals surface area contributed by atoms with Crippen molar-refractivity contribution in [2.24, 2.45) is 11.7 Å². The van der Waals surface area contributed by atoms with Crippen molar-refractivity contribution in [3.05, 3.63) is 34.3 Å². The van der Waals surface area contributed by atoms with E-state index in [1.54, 1.807) is 0 Å². The predicted octanol–water partition coefficient (Wildman–Crippen LogP) is 2.65. The maximum absolute atomic E-state index is 12.4. The molecule has 1 aromatic carbocycles. The fourth-order valence-electron chi connectivity index (χ4n) is 2.50. The molecule has 0 bridgehead atoms. The van der Waals surface area contributed by atoms with Crippen LogP contribution in [0.5, 0.6) is 0 Å². The number of rotatable bonds is 2. The van der Waals surface area contributed by atoms with Crippen molar-refractivity contribution in [2.45, 2.75) is 25.8 Å². The lowest BCUT2D eigenvalue weighted by Gasteiger charge is -2.38. The average molecular weight is 311 g/mol. The van der Waals surface area contributed by atoms with Crippen LogP contribution in [0, 0.1) is 5.92 Å². The third-order valence-corrected chi connectivity index (χ3v) is 4.13. The Morgan fingerprint density at radius 1 is 1.44 bits per heavy atom. The molecule has 3 nitrogen and oxygen atoms in total. The van der Waals surface area contributed by atoms with Gasteiger partial charge >= 0.3 is 0 Å². The zero-order valence-corrected chi connectivity index (χ0v) is 12.2. The topological polar surface area (TPSA) is 46.3 Å². The van der Waals surface area contributed by atoms with Crippen molar-refractivity contribution in [3.63, 3.8) is 0 Å². The second-order valence-corrected chi connectivity index (χ2v) is 5.94. The van der Waals surface area contributed by atoms with Gasteiger partial charge in [-0.2, -0.15) is 0 Å². The van der Waals surface area contributed by atoms with Crippen molar-refractivity contribution in [2.75, 3.05) is 13.1 Å². The van der Waals surface area contributed by atoms with Crippen LogP contribution in [0.15, 0.2) is 28.7 Å². The van der Waals surface area contributed by atoms with Crippen LogP contribution >= 0.6 is 15.9 Å². The largest absolute Gasteiger partial charge is 0.334 e. The highest BCUT2D eigenvalue weighted by Gasteiger charge is 2.29. The summed E-state index contributed by atoms with van der Waals surface area (Å²) in [4.78, 5) is 14.4. The van der Waals surface area contributed by atoms with Crippen molar-refractivity contribution >= 4 is 21.8 Å². The van der Waals surface area contributed by atoms with Crippen molar-refractivity contribution in [3.8, 4) is 0 Å². The molecule has 98 valence electrons. The van der Waals surface area contributed by atoms with Crippen LogP contribution in [0.2, 0.25) is 0 Å². The number of benzene rings is 1. The number of amides is 1. The van der Waals surface area contributed by atoms with Crippen LogP contribution in [0.1, 0.15) is 30.1 Å². The number of piperidine rings is 1. The van der Waals surface area contributed by atoms with Crippen LogP contribution in [0.3, 0.4) is 0 Å². The van der Waals surface area contributed by atoms with Gasteiger partial charge in [0.2, 0.25) is 0 Å². The second kappa shape index (κ2) is 5.85. The molecule has 0 aromatic heterocycles. The molecule has 1 fully saturated rings. The van der Waals surface area contributed by atoms with E-state index < -0.39 is 0 Å². The van der Waals surface area contributed by atoms with E-state index in [0.29, 0.717) is 12.5 Å². The normalized spacial score (nSPS) is 24.1. The van der Waals surface area contributed by atoms with Gasteiger partial charge in [0.05, 0.1) is 0 Å². The summed E-state index contributed by atoms with van der Waals surface area (Å²) < 4.78 is 0.988. The SMILES string of the molecule is CC1CCN(C(=O)c2ccc(Br)cc2)C(CN)C1. The molecule has 0 radical (unpaired) electrons. The van der Waals surface area contributed by atoms with E-state index in [4.69, 9.17) is 5.73 Å². The summed E-state index contributed by atoms with van der Waals surface area (Å²) >= 11 is 3.38. The van der Waals surface area contributed by atoms with Crippen LogP contribution in [0.25, 0.3) is 0 Å². The molecule has 0 aliphatic carbocycles. The molecule has 1 heterocycles. The summed E-state index contributed by atoms with van der Waals surface area (Å²) in [6.45, 7) is 3.59. The predicted molar refractivity (Wildman–Crippen MR) is 76.4 cm³/mol. The van der Waals surface area contributed by atoms with E-state index in [2.05, 4.69) is 22.9 Å². The van der Waals surface area contributed by atoms with Gasteiger partial charge in [0.1, 0.15) is 0 Å². The summed E-state index contributed by atoms with van der Waals surface area (Å²) in [6, 6.07) is 7.70. The Kier molecular flexibility index (Phi) is 4.40. The number of hydrogen-bond donors (Lipinski definition) is 1. The molecule has 1 saturated heterocycles. The van der Waals surface area contributed by atoms with Crippen molar-refractivity contribution in [1.29, 1.82) is 0 Å². The minimum Gasteiger partial charge on any atom is -0.334 e. The molecule has 2 unspecified atom stereocenters. The Balaban J connectivity index is 2.14. The molecule has 0 spiro atoms.